The van der Waals surface area contributed by atoms with E-state index in [1.165, 1.54) is 43.2 Å². The van der Waals surface area contributed by atoms with Gasteiger partial charge in [0.15, 0.2) is 24.1 Å². The number of ether oxygens (including phenoxy) is 2. The van der Waals surface area contributed by atoms with Gasteiger partial charge in [0.25, 0.3) is 0 Å². The molecule has 6 rings (SSSR count). The maximum absolute atomic E-state index is 13.5. The normalized spacial score (nSPS) is 12.6. The van der Waals surface area contributed by atoms with Crippen LogP contribution in [0.15, 0.2) is 79.9 Å². The van der Waals surface area contributed by atoms with Crippen LogP contribution in [0.25, 0.3) is 22.8 Å². The molecule has 262 valence electrons. The van der Waals surface area contributed by atoms with Gasteiger partial charge in [-0.05, 0) is 64.1 Å². The highest BCUT2D eigenvalue weighted by molar-refractivity contribution is 5.84. The van der Waals surface area contributed by atoms with Crippen LogP contribution < -0.4 is 9.47 Å². The smallest absolute Gasteiger partial charge is 0.165 e. The van der Waals surface area contributed by atoms with E-state index in [4.69, 9.17) is 15.0 Å². The summed E-state index contributed by atoms with van der Waals surface area (Å²) in [6.07, 6.45) is 8.95. The van der Waals surface area contributed by atoms with Crippen molar-refractivity contribution in [2.75, 3.05) is 0 Å². The predicted molar refractivity (Wildman–Crippen MR) is 183 cm³/mol. The minimum atomic E-state index is -2.50. The molecule has 0 aliphatic rings. The number of carbonyl (C=O) groups excluding carboxylic acids is 2. The van der Waals surface area contributed by atoms with Gasteiger partial charge >= 0.3 is 0 Å². The van der Waals surface area contributed by atoms with Crippen LogP contribution >= 0.6 is 0 Å². The van der Waals surface area contributed by atoms with E-state index in [0.717, 1.165) is 12.1 Å². The highest BCUT2D eigenvalue weighted by atomic mass is 19.1. The molecule has 6 aromatic rings. The zero-order chi connectivity index (χ0) is 40.1. The minimum absolute atomic E-state index is 0.00434. The Morgan fingerprint density at radius 3 is 1.76 bits per heavy atom. The van der Waals surface area contributed by atoms with E-state index >= 15 is 0 Å². The fourth-order valence-electron chi connectivity index (χ4n) is 4.77. The molecule has 0 atom stereocenters. The van der Waals surface area contributed by atoms with E-state index in [2.05, 4.69) is 30.1 Å². The van der Waals surface area contributed by atoms with Crippen molar-refractivity contribution in [3.63, 3.8) is 0 Å². The van der Waals surface area contributed by atoms with Crippen LogP contribution in [0, 0.1) is 5.82 Å². The second-order valence-corrected chi connectivity index (χ2v) is 11.2. The Morgan fingerprint density at radius 2 is 1.27 bits per heavy atom. The Morgan fingerprint density at radius 1 is 0.765 bits per heavy atom. The van der Waals surface area contributed by atoms with Crippen LogP contribution in [-0.4, -0.2) is 62.3 Å². The number of benzene rings is 2. The van der Waals surface area contributed by atoms with Crippen LogP contribution in [0.3, 0.4) is 0 Å². The first-order chi connectivity index (χ1) is 26.1. The third-order valence-electron chi connectivity index (χ3n) is 7.18. The molecule has 0 saturated heterocycles. The molecule has 0 aliphatic heterocycles. The van der Waals surface area contributed by atoms with E-state index in [1.807, 2.05) is 27.7 Å². The molecule has 0 spiro atoms. The van der Waals surface area contributed by atoms with Crippen LogP contribution in [0.2, 0.25) is 0 Å². The minimum Gasteiger partial charge on any atom is -0.507 e. The molecule has 4 aromatic heterocycles. The topological polar surface area (TPSA) is 180 Å². The monoisotopic (exact) mass is 698 g/mol. The zero-order valence-corrected chi connectivity index (χ0v) is 27.8. The molecule has 0 radical (unpaired) electrons. The number of hydrogen-bond donors (Lipinski definition) is 2. The standard InChI is InChI=1S/C18H17FN4O3.C18H18N4O3/c1-11(2)23-15(5-6-22-23)17-12(7-20-10-21-17)9-26-16-4-3-14(19)18(25)13(16)8-24;1-12(2)22-15(6-7-21-22)18-13(8-19-11-20-18)10-25-17-5-3-4-16(24)14(17)9-23/h3-8,10-11,25H,9H2,1-2H3;3-9,11-12,24H,10H2,1-2H3/i9D2;10D2. The van der Waals surface area contributed by atoms with Gasteiger partial charge in [0.1, 0.15) is 48.6 Å². The largest absolute Gasteiger partial charge is 0.507 e. The van der Waals surface area contributed by atoms with Crippen molar-refractivity contribution in [3.05, 3.63) is 108 Å². The first kappa shape index (κ1) is 30.5. The zero-order valence-electron chi connectivity index (χ0n) is 31.8. The van der Waals surface area contributed by atoms with Gasteiger partial charge < -0.3 is 19.7 Å². The van der Waals surface area contributed by atoms with Gasteiger partial charge in [-0.25, -0.2) is 24.3 Å². The van der Waals surface area contributed by atoms with E-state index in [1.54, 1.807) is 33.9 Å². The van der Waals surface area contributed by atoms with Crippen molar-refractivity contribution in [2.45, 2.75) is 52.9 Å². The Kier molecular flexibility index (Phi) is 9.74. The van der Waals surface area contributed by atoms with E-state index in [0.29, 0.717) is 23.4 Å². The number of aldehydes is 2. The molecule has 0 unspecified atom stereocenters. The number of phenols is 2. The SMILES string of the molecule is [2H]C([2H])(Oc1ccc(F)c(O)c1C=O)c1cncnc1-c1ccnn1C(C)C.[2H]C([2H])(Oc1cccc(O)c1C=O)c1cncnc1-c1ccnn1C(C)C. The third kappa shape index (κ3) is 8.04. The summed E-state index contributed by atoms with van der Waals surface area (Å²) in [5.41, 5.74) is 1.19. The molecule has 4 heterocycles. The molecule has 15 heteroatoms. The second-order valence-electron chi connectivity index (χ2n) is 11.2. The lowest BCUT2D eigenvalue weighted by Gasteiger charge is -2.14. The molecule has 0 bridgehead atoms. The average molecular weight is 699 g/mol. The summed E-state index contributed by atoms with van der Waals surface area (Å²) in [5.74, 6) is -2.61. The average Bonchev–Trinajstić information content (AvgIpc) is 3.85. The van der Waals surface area contributed by atoms with Gasteiger partial charge in [-0.1, -0.05) is 6.07 Å². The van der Waals surface area contributed by atoms with Gasteiger partial charge in [0, 0.05) is 48.0 Å². The van der Waals surface area contributed by atoms with E-state index in [9.17, 15) is 24.2 Å². The summed E-state index contributed by atoms with van der Waals surface area (Å²) in [5, 5.41) is 28.0. The lowest BCUT2D eigenvalue weighted by Crippen LogP contribution is -2.08. The highest BCUT2D eigenvalue weighted by Gasteiger charge is 2.18. The molecular weight excluding hydrogens is 659 g/mol. The molecule has 51 heavy (non-hydrogen) atoms. The predicted octanol–water partition coefficient (Wildman–Crippen LogP) is 6.18. The third-order valence-corrected chi connectivity index (χ3v) is 7.18. The molecule has 0 fully saturated rings. The number of nitrogens with zero attached hydrogens (tertiary/aromatic N) is 8. The van der Waals surface area contributed by atoms with Crippen molar-refractivity contribution >= 4 is 12.6 Å². The molecule has 2 N–H and O–H groups in total. The summed E-state index contributed by atoms with van der Waals surface area (Å²) >= 11 is 0. The van der Waals surface area contributed by atoms with Crippen LogP contribution in [0.4, 0.5) is 4.39 Å². The summed E-state index contributed by atoms with van der Waals surface area (Å²) in [7, 11) is 0. The molecule has 0 saturated carbocycles. The molecule has 0 amide bonds. The maximum Gasteiger partial charge on any atom is 0.165 e. The van der Waals surface area contributed by atoms with Crippen LogP contribution in [0.1, 0.15) is 77.1 Å². The number of aromatic hydroxyl groups is 2. The lowest BCUT2D eigenvalue weighted by atomic mass is 10.1. The number of rotatable bonds is 12. The number of phenolic OH excluding ortho intramolecular Hbond substituents is 2. The van der Waals surface area contributed by atoms with Crippen molar-refractivity contribution in [2.24, 2.45) is 0 Å². The first-order valence-corrected chi connectivity index (χ1v) is 15.4. The summed E-state index contributed by atoms with van der Waals surface area (Å²) in [6, 6.07) is 9.59. The highest BCUT2D eigenvalue weighted by Crippen LogP contribution is 2.31. The first-order valence-electron chi connectivity index (χ1n) is 17.4. The van der Waals surface area contributed by atoms with Crippen LogP contribution in [0.5, 0.6) is 23.0 Å². The van der Waals surface area contributed by atoms with E-state index < -0.39 is 30.2 Å². The van der Waals surface area contributed by atoms with Gasteiger partial charge in [0.05, 0.1) is 33.8 Å². The maximum atomic E-state index is 13.5. The number of carbonyl (C=O) groups is 2. The fraction of sp³-hybridized carbons (Fsp3) is 0.222. The Hall–Kier alpha value is -6.51. The Balaban J connectivity index is 0.000000211. The summed E-state index contributed by atoms with van der Waals surface area (Å²) < 4.78 is 61.2. The molecule has 14 nitrogen and oxygen atoms in total. The second kappa shape index (κ2) is 16.3. The van der Waals surface area contributed by atoms with Gasteiger partial charge in [-0.3, -0.25) is 19.0 Å². The van der Waals surface area contributed by atoms with E-state index in [-0.39, 0.29) is 58.0 Å². The number of aromatic nitrogens is 8. The molecular formula is C36H35FN8O6. The number of hydrogen-bond acceptors (Lipinski definition) is 12. The Labute approximate surface area is 297 Å². The van der Waals surface area contributed by atoms with Gasteiger partial charge in [-0.15, -0.1) is 0 Å². The lowest BCUT2D eigenvalue weighted by molar-refractivity contribution is 0.110. The molecule has 2 aromatic carbocycles. The number of halogens is 1. The van der Waals surface area contributed by atoms with Gasteiger partial charge in [0.2, 0.25) is 0 Å². The molecule has 0 aliphatic carbocycles. The fourth-order valence-corrected chi connectivity index (χ4v) is 4.77. The summed E-state index contributed by atoms with van der Waals surface area (Å²) in [4.78, 5) is 38.7. The Bertz CT molecular complexity index is 2320. The van der Waals surface area contributed by atoms with Crippen molar-refractivity contribution in [1.29, 1.82) is 0 Å². The van der Waals surface area contributed by atoms with Crippen molar-refractivity contribution in [3.8, 4) is 45.8 Å². The van der Waals surface area contributed by atoms with Gasteiger partial charge in [-0.2, -0.15) is 10.2 Å². The van der Waals surface area contributed by atoms with Crippen LogP contribution in [-0.2, 0) is 13.1 Å². The summed E-state index contributed by atoms with van der Waals surface area (Å²) in [6.45, 7) is 2.87. The van der Waals surface area contributed by atoms with Crippen molar-refractivity contribution < 1.29 is 39.1 Å². The quantitative estimate of drug-likeness (QED) is 0.139. The van der Waals surface area contributed by atoms with Crippen molar-refractivity contribution in [1.82, 2.24) is 39.5 Å².